The Labute approximate surface area is 137 Å². The highest BCUT2D eigenvalue weighted by Gasteiger charge is 2.56. The Morgan fingerprint density at radius 1 is 1.39 bits per heavy atom. The summed E-state index contributed by atoms with van der Waals surface area (Å²) in [4.78, 5) is 3.98. The van der Waals surface area contributed by atoms with Gasteiger partial charge < -0.3 is 9.47 Å². The Morgan fingerprint density at radius 2 is 2.09 bits per heavy atom. The van der Waals surface area contributed by atoms with Crippen LogP contribution in [-0.2, 0) is 26.3 Å². The molecule has 2 aliphatic heterocycles. The maximum Gasteiger partial charge on any atom is 0.281 e. The highest BCUT2D eigenvalue weighted by atomic mass is 32.2. The SMILES string of the molecule is CN(C)S(=O)(=O)N1CC2(C1)OCCC2COCc1ccncc1. The number of ether oxygens (including phenoxy) is 2. The van der Waals surface area contributed by atoms with E-state index in [9.17, 15) is 8.42 Å². The Balaban J connectivity index is 1.53. The molecule has 1 aromatic rings. The van der Waals surface area contributed by atoms with Crippen LogP contribution in [0.2, 0.25) is 0 Å². The van der Waals surface area contributed by atoms with Gasteiger partial charge in [0.15, 0.2) is 0 Å². The smallest absolute Gasteiger partial charge is 0.281 e. The van der Waals surface area contributed by atoms with E-state index in [0.717, 1.165) is 12.0 Å². The molecular weight excluding hydrogens is 318 g/mol. The fraction of sp³-hybridized carbons (Fsp3) is 0.667. The van der Waals surface area contributed by atoms with Crippen LogP contribution >= 0.6 is 0 Å². The Kier molecular flexibility index (Phi) is 4.70. The predicted molar refractivity (Wildman–Crippen MR) is 84.9 cm³/mol. The second kappa shape index (κ2) is 6.45. The Hall–Kier alpha value is -1.06. The second-order valence-corrected chi connectivity index (χ2v) is 8.47. The van der Waals surface area contributed by atoms with Crippen LogP contribution < -0.4 is 0 Å². The molecule has 0 amide bonds. The summed E-state index contributed by atoms with van der Waals surface area (Å²) in [7, 11) is -0.258. The number of hydrogen-bond acceptors (Lipinski definition) is 5. The summed E-state index contributed by atoms with van der Waals surface area (Å²) in [5.74, 6) is 0.234. The third-order valence-corrected chi connectivity index (χ3v) is 6.45. The molecule has 2 saturated heterocycles. The molecule has 2 aliphatic rings. The van der Waals surface area contributed by atoms with Gasteiger partial charge in [-0.3, -0.25) is 4.98 Å². The zero-order valence-electron chi connectivity index (χ0n) is 13.5. The van der Waals surface area contributed by atoms with Gasteiger partial charge in [-0.25, -0.2) is 0 Å². The molecule has 0 aromatic carbocycles. The van der Waals surface area contributed by atoms with Crippen molar-refractivity contribution >= 4 is 10.2 Å². The average Bonchev–Trinajstić information content (AvgIpc) is 2.90. The molecule has 2 fully saturated rings. The number of aromatic nitrogens is 1. The van der Waals surface area contributed by atoms with Gasteiger partial charge in [0.05, 0.1) is 13.2 Å². The first-order valence-corrected chi connectivity index (χ1v) is 9.12. The molecule has 1 atom stereocenters. The number of pyridine rings is 1. The van der Waals surface area contributed by atoms with Gasteiger partial charge in [-0.05, 0) is 24.1 Å². The molecular formula is C15H23N3O4S. The second-order valence-electron chi connectivity index (χ2n) is 6.33. The fourth-order valence-electron chi connectivity index (χ4n) is 3.11. The van der Waals surface area contributed by atoms with E-state index >= 15 is 0 Å². The molecule has 7 nitrogen and oxygen atoms in total. The van der Waals surface area contributed by atoms with Crippen LogP contribution in [0.5, 0.6) is 0 Å². The third-order valence-electron chi connectivity index (χ3n) is 4.61. The van der Waals surface area contributed by atoms with Gasteiger partial charge >= 0.3 is 0 Å². The van der Waals surface area contributed by atoms with E-state index in [1.807, 2.05) is 12.1 Å². The van der Waals surface area contributed by atoms with Crippen molar-refractivity contribution in [2.45, 2.75) is 18.6 Å². The first kappa shape index (κ1) is 16.8. The Morgan fingerprint density at radius 3 is 2.74 bits per heavy atom. The van der Waals surface area contributed by atoms with Crippen LogP contribution in [0.3, 0.4) is 0 Å². The lowest BCUT2D eigenvalue weighted by Crippen LogP contribution is -2.67. The molecule has 1 aromatic heterocycles. The van der Waals surface area contributed by atoms with Crippen molar-refractivity contribution in [1.82, 2.24) is 13.6 Å². The predicted octanol–water partition coefficient (Wildman–Crippen LogP) is 0.496. The van der Waals surface area contributed by atoms with Crippen LogP contribution in [0.4, 0.5) is 0 Å². The van der Waals surface area contributed by atoms with Crippen LogP contribution in [0.15, 0.2) is 24.5 Å². The van der Waals surface area contributed by atoms with E-state index in [-0.39, 0.29) is 11.5 Å². The minimum Gasteiger partial charge on any atom is -0.376 e. The molecule has 1 spiro atoms. The molecule has 1 unspecified atom stereocenters. The molecule has 0 bridgehead atoms. The Bertz CT molecular complexity index is 629. The van der Waals surface area contributed by atoms with Crippen molar-refractivity contribution in [3.8, 4) is 0 Å². The minimum atomic E-state index is -3.35. The first-order valence-electron chi connectivity index (χ1n) is 7.72. The maximum atomic E-state index is 12.1. The van der Waals surface area contributed by atoms with E-state index in [1.54, 1.807) is 26.5 Å². The average molecular weight is 341 g/mol. The topological polar surface area (TPSA) is 72.0 Å². The van der Waals surface area contributed by atoms with Crippen molar-refractivity contribution in [1.29, 1.82) is 0 Å². The fourth-order valence-corrected chi connectivity index (χ4v) is 4.34. The summed E-state index contributed by atoms with van der Waals surface area (Å²) >= 11 is 0. The molecule has 128 valence electrons. The van der Waals surface area contributed by atoms with Gasteiger partial charge in [0.2, 0.25) is 0 Å². The number of nitrogens with zero attached hydrogens (tertiary/aromatic N) is 3. The van der Waals surface area contributed by atoms with Crippen molar-refractivity contribution in [3.63, 3.8) is 0 Å². The van der Waals surface area contributed by atoms with Crippen molar-refractivity contribution in [2.75, 3.05) is 40.4 Å². The monoisotopic (exact) mass is 341 g/mol. The van der Waals surface area contributed by atoms with E-state index in [0.29, 0.717) is 32.9 Å². The summed E-state index contributed by atoms with van der Waals surface area (Å²) in [6, 6.07) is 3.85. The molecule has 8 heteroatoms. The van der Waals surface area contributed by atoms with Crippen molar-refractivity contribution in [2.24, 2.45) is 5.92 Å². The lowest BCUT2D eigenvalue weighted by molar-refractivity contribution is -0.116. The normalized spacial score (nSPS) is 24.2. The summed E-state index contributed by atoms with van der Waals surface area (Å²) in [6.45, 7) is 2.61. The molecule has 0 radical (unpaired) electrons. The number of hydrogen-bond donors (Lipinski definition) is 0. The summed E-state index contributed by atoms with van der Waals surface area (Å²) in [6.07, 6.45) is 4.40. The lowest BCUT2D eigenvalue weighted by Gasteiger charge is -2.49. The summed E-state index contributed by atoms with van der Waals surface area (Å²) in [5, 5.41) is 0. The van der Waals surface area contributed by atoms with E-state index in [1.165, 1.54) is 8.61 Å². The van der Waals surface area contributed by atoms with Crippen LogP contribution in [0.1, 0.15) is 12.0 Å². The van der Waals surface area contributed by atoms with Gasteiger partial charge in [0.25, 0.3) is 10.2 Å². The molecule has 3 heterocycles. The first-order chi connectivity index (χ1) is 10.9. The molecule has 23 heavy (non-hydrogen) atoms. The largest absolute Gasteiger partial charge is 0.376 e. The van der Waals surface area contributed by atoms with Crippen LogP contribution in [-0.4, -0.2) is 68.0 Å². The van der Waals surface area contributed by atoms with Crippen molar-refractivity contribution < 1.29 is 17.9 Å². The standard InChI is InChI=1S/C15H23N3O4S/c1-17(2)23(19,20)18-11-15(12-18)14(5-8-22-15)10-21-9-13-3-6-16-7-4-13/h3-4,6-7,14H,5,8-12H2,1-2H3. The van der Waals surface area contributed by atoms with Gasteiger partial charge in [-0.15, -0.1) is 0 Å². The maximum absolute atomic E-state index is 12.1. The van der Waals surface area contributed by atoms with Crippen LogP contribution in [0.25, 0.3) is 0 Å². The van der Waals surface area contributed by atoms with Crippen molar-refractivity contribution in [3.05, 3.63) is 30.1 Å². The van der Waals surface area contributed by atoms with E-state index in [4.69, 9.17) is 9.47 Å². The quantitative estimate of drug-likeness (QED) is 0.753. The zero-order valence-corrected chi connectivity index (χ0v) is 14.3. The summed E-state index contributed by atoms with van der Waals surface area (Å²) in [5.41, 5.74) is 0.708. The molecule has 0 N–H and O–H groups in total. The van der Waals surface area contributed by atoms with Crippen LogP contribution in [0, 0.1) is 5.92 Å². The van der Waals surface area contributed by atoms with E-state index in [2.05, 4.69) is 4.98 Å². The highest BCUT2D eigenvalue weighted by molar-refractivity contribution is 7.86. The third kappa shape index (κ3) is 3.27. The van der Waals surface area contributed by atoms with Gasteiger partial charge in [-0.2, -0.15) is 17.0 Å². The zero-order chi connectivity index (χ0) is 16.5. The van der Waals surface area contributed by atoms with Gasteiger partial charge in [0, 0.05) is 52.1 Å². The molecule has 0 saturated carbocycles. The number of rotatable bonds is 6. The summed E-state index contributed by atoms with van der Waals surface area (Å²) < 4.78 is 38.6. The highest BCUT2D eigenvalue weighted by Crippen LogP contribution is 2.41. The molecule has 0 aliphatic carbocycles. The minimum absolute atomic E-state index is 0.234. The van der Waals surface area contributed by atoms with Gasteiger partial charge in [-0.1, -0.05) is 0 Å². The lowest BCUT2D eigenvalue weighted by atomic mass is 9.83. The van der Waals surface area contributed by atoms with E-state index < -0.39 is 10.2 Å². The van der Waals surface area contributed by atoms with Gasteiger partial charge in [0.1, 0.15) is 5.60 Å². The molecule has 3 rings (SSSR count).